The molecule has 0 aliphatic heterocycles. The Morgan fingerprint density at radius 2 is 1.89 bits per heavy atom. The summed E-state index contributed by atoms with van der Waals surface area (Å²) in [6.07, 6.45) is 7.49. The topological polar surface area (TPSA) is 72.0 Å². The van der Waals surface area contributed by atoms with Crippen molar-refractivity contribution >= 4 is 5.84 Å². The Labute approximate surface area is 114 Å². The second kappa shape index (κ2) is 6.04. The third-order valence-corrected chi connectivity index (χ3v) is 3.66. The van der Waals surface area contributed by atoms with Gasteiger partial charge in [-0.1, -0.05) is 12.8 Å². The Morgan fingerprint density at radius 1 is 1.26 bits per heavy atom. The van der Waals surface area contributed by atoms with Gasteiger partial charge in [-0.25, -0.2) is 0 Å². The quantitative estimate of drug-likeness (QED) is 0.499. The summed E-state index contributed by atoms with van der Waals surface area (Å²) in [5.41, 5.74) is 8.00. The van der Waals surface area contributed by atoms with Crippen LogP contribution in [0.25, 0.3) is 0 Å². The fourth-order valence-corrected chi connectivity index (χ4v) is 2.75. The van der Waals surface area contributed by atoms with Gasteiger partial charge in [-0.15, -0.1) is 0 Å². The maximum atomic E-state index is 7.71. The van der Waals surface area contributed by atoms with E-state index in [-0.39, 0.29) is 11.9 Å². The Hall–Kier alpha value is -1.58. The van der Waals surface area contributed by atoms with Crippen LogP contribution in [0.1, 0.15) is 55.5 Å². The number of aryl methyl sites for hydroxylation is 2. The van der Waals surface area contributed by atoms with Crippen LogP contribution in [0, 0.1) is 19.3 Å². The highest BCUT2D eigenvalue weighted by Gasteiger charge is 2.18. The standard InChI is InChI=1S/C15H23N3O/c1-10-9-13(14(15(16)17)11(2)18-10)19-12-7-5-3-4-6-8-12/h9,12H,3-8H2,1-2H3,(H3,16,17). The molecule has 4 heteroatoms. The molecule has 4 nitrogen and oxygen atoms in total. The van der Waals surface area contributed by atoms with E-state index in [1.807, 2.05) is 19.9 Å². The molecular weight excluding hydrogens is 238 g/mol. The van der Waals surface area contributed by atoms with Gasteiger partial charge in [0, 0.05) is 11.8 Å². The van der Waals surface area contributed by atoms with E-state index >= 15 is 0 Å². The van der Waals surface area contributed by atoms with Crippen LogP contribution in [0.2, 0.25) is 0 Å². The first-order chi connectivity index (χ1) is 9.08. The number of rotatable bonds is 3. The second-order valence-electron chi connectivity index (χ2n) is 5.37. The molecule has 1 heterocycles. The molecule has 0 spiro atoms. The minimum Gasteiger partial charge on any atom is -0.490 e. The fraction of sp³-hybridized carbons (Fsp3) is 0.600. The van der Waals surface area contributed by atoms with Crippen molar-refractivity contribution in [3.05, 3.63) is 23.0 Å². The molecule has 0 amide bonds. The Balaban J connectivity index is 2.24. The lowest BCUT2D eigenvalue weighted by Crippen LogP contribution is -2.21. The van der Waals surface area contributed by atoms with E-state index in [1.165, 1.54) is 25.7 Å². The highest BCUT2D eigenvalue weighted by Crippen LogP contribution is 2.27. The van der Waals surface area contributed by atoms with Crippen molar-refractivity contribution in [1.82, 2.24) is 4.98 Å². The lowest BCUT2D eigenvalue weighted by Gasteiger charge is -2.20. The summed E-state index contributed by atoms with van der Waals surface area (Å²) in [5, 5.41) is 7.71. The van der Waals surface area contributed by atoms with E-state index in [1.54, 1.807) is 0 Å². The fourth-order valence-electron chi connectivity index (χ4n) is 2.75. The van der Waals surface area contributed by atoms with Gasteiger partial charge in [0.1, 0.15) is 11.6 Å². The molecule has 1 saturated carbocycles. The average molecular weight is 261 g/mol. The molecule has 1 aromatic rings. The molecule has 0 bridgehead atoms. The molecule has 1 aliphatic carbocycles. The summed E-state index contributed by atoms with van der Waals surface area (Å²) >= 11 is 0. The number of nitrogen functional groups attached to an aromatic ring is 1. The first kappa shape index (κ1) is 13.8. The zero-order chi connectivity index (χ0) is 13.8. The number of hydrogen-bond donors (Lipinski definition) is 2. The van der Waals surface area contributed by atoms with E-state index in [4.69, 9.17) is 15.9 Å². The van der Waals surface area contributed by atoms with Gasteiger partial charge in [-0.05, 0) is 39.5 Å². The van der Waals surface area contributed by atoms with Gasteiger partial charge < -0.3 is 10.5 Å². The summed E-state index contributed by atoms with van der Waals surface area (Å²) in [7, 11) is 0. The van der Waals surface area contributed by atoms with E-state index in [9.17, 15) is 0 Å². The van der Waals surface area contributed by atoms with Crippen molar-refractivity contribution in [3.8, 4) is 5.75 Å². The van der Waals surface area contributed by atoms with Crippen LogP contribution < -0.4 is 10.5 Å². The molecule has 3 N–H and O–H groups in total. The monoisotopic (exact) mass is 261 g/mol. The molecular formula is C15H23N3O. The molecule has 0 unspecified atom stereocenters. The predicted molar refractivity (Wildman–Crippen MR) is 76.8 cm³/mol. The minimum atomic E-state index is 0.0358. The number of ether oxygens (including phenoxy) is 1. The van der Waals surface area contributed by atoms with Gasteiger partial charge in [-0.3, -0.25) is 10.4 Å². The highest BCUT2D eigenvalue weighted by atomic mass is 16.5. The molecule has 0 atom stereocenters. The summed E-state index contributed by atoms with van der Waals surface area (Å²) in [6, 6.07) is 1.90. The van der Waals surface area contributed by atoms with Crippen LogP contribution in [0.5, 0.6) is 5.75 Å². The van der Waals surface area contributed by atoms with Crippen molar-refractivity contribution in [3.63, 3.8) is 0 Å². The van der Waals surface area contributed by atoms with Crippen LogP contribution in [0.3, 0.4) is 0 Å². The highest BCUT2D eigenvalue weighted by molar-refractivity contribution is 5.98. The van der Waals surface area contributed by atoms with Gasteiger partial charge in [0.15, 0.2) is 0 Å². The summed E-state index contributed by atoms with van der Waals surface area (Å²) < 4.78 is 6.13. The molecule has 2 rings (SSSR count). The molecule has 19 heavy (non-hydrogen) atoms. The molecule has 0 aromatic carbocycles. The Kier molecular flexibility index (Phi) is 4.40. The van der Waals surface area contributed by atoms with Crippen LogP contribution in [-0.4, -0.2) is 16.9 Å². The SMILES string of the molecule is Cc1cc(OC2CCCCCC2)c(C(=N)N)c(C)n1. The number of pyridine rings is 1. The predicted octanol–water partition coefficient (Wildman–Crippen LogP) is 3.08. The number of nitrogens with two attached hydrogens (primary N) is 1. The van der Waals surface area contributed by atoms with E-state index in [0.717, 1.165) is 30.0 Å². The number of hydrogen-bond acceptors (Lipinski definition) is 3. The van der Waals surface area contributed by atoms with Crippen LogP contribution in [0.4, 0.5) is 0 Å². The first-order valence-corrected chi connectivity index (χ1v) is 7.07. The minimum absolute atomic E-state index is 0.0358. The third-order valence-electron chi connectivity index (χ3n) is 3.66. The number of nitrogens with one attached hydrogen (secondary N) is 1. The first-order valence-electron chi connectivity index (χ1n) is 7.07. The molecule has 1 aliphatic rings. The van der Waals surface area contributed by atoms with E-state index in [2.05, 4.69) is 4.98 Å². The van der Waals surface area contributed by atoms with Crippen molar-refractivity contribution in [2.75, 3.05) is 0 Å². The van der Waals surface area contributed by atoms with Crippen molar-refractivity contribution in [1.29, 1.82) is 5.41 Å². The normalized spacial score (nSPS) is 16.9. The summed E-state index contributed by atoms with van der Waals surface area (Å²) in [4.78, 5) is 4.37. The lowest BCUT2D eigenvalue weighted by molar-refractivity contribution is 0.183. The smallest absolute Gasteiger partial charge is 0.134 e. The largest absolute Gasteiger partial charge is 0.490 e. The van der Waals surface area contributed by atoms with Gasteiger partial charge in [-0.2, -0.15) is 0 Å². The summed E-state index contributed by atoms with van der Waals surface area (Å²) in [6.45, 7) is 3.82. The van der Waals surface area contributed by atoms with Crippen molar-refractivity contribution in [2.45, 2.75) is 58.5 Å². The number of aromatic nitrogens is 1. The number of amidine groups is 1. The maximum absolute atomic E-state index is 7.71. The van der Waals surface area contributed by atoms with E-state index in [0.29, 0.717) is 5.56 Å². The third kappa shape index (κ3) is 3.46. The molecule has 104 valence electrons. The van der Waals surface area contributed by atoms with Crippen molar-refractivity contribution in [2.24, 2.45) is 5.73 Å². The Bertz CT molecular complexity index is 463. The zero-order valence-electron chi connectivity index (χ0n) is 11.8. The molecule has 1 fully saturated rings. The van der Waals surface area contributed by atoms with Gasteiger partial charge in [0.25, 0.3) is 0 Å². The van der Waals surface area contributed by atoms with Crippen molar-refractivity contribution < 1.29 is 4.74 Å². The van der Waals surface area contributed by atoms with Crippen LogP contribution in [0.15, 0.2) is 6.07 Å². The molecule has 0 saturated heterocycles. The molecule has 1 aromatic heterocycles. The van der Waals surface area contributed by atoms with Gasteiger partial charge in [0.05, 0.1) is 17.4 Å². The maximum Gasteiger partial charge on any atom is 0.134 e. The van der Waals surface area contributed by atoms with Gasteiger partial charge in [0.2, 0.25) is 0 Å². The lowest BCUT2D eigenvalue weighted by atomic mass is 10.1. The number of nitrogens with zero attached hydrogens (tertiary/aromatic N) is 1. The zero-order valence-corrected chi connectivity index (χ0v) is 11.8. The summed E-state index contributed by atoms with van der Waals surface area (Å²) in [5.74, 6) is 0.762. The van der Waals surface area contributed by atoms with Crippen LogP contribution in [-0.2, 0) is 0 Å². The second-order valence-corrected chi connectivity index (χ2v) is 5.37. The molecule has 0 radical (unpaired) electrons. The van der Waals surface area contributed by atoms with Crippen LogP contribution >= 0.6 is 0 Å². The Morgan fingerprint density at radius 3 is 2.47 bits per heavy atom. The van der Waals surface area contributed by atoms with E-state index < -0.39 is 0 Å². The average Bonchev–Trinajstić information content (AvgIpc) is 2.56. The van der Waals surface area contributed by atoms with Gasteiger partial charge >= 0.3 is 0 Å².